The van der Waals surface area contributed by atoms with Gasteiger partial charge in [-0.05, 0) is 36.7 Å². The monoisotopic (exact) mass is 277 g/mol. The molecule has 0 amide bonds. The summed E-state index contributed by atoms with van der Waals surface area (Å²) in [4.78, 5) is 0. The van der Waals surface area contributed by atoms with E-state index >= 15 is 0 Å². The van der Waals surface area contributed by atoms with Crippen LogP contribution in [0.2, 0.25) is 0 Å². The average molecular weight is 277 g/mol. The fraction of sp³-hybridized carbons (Fsp3) is 0.250. The number of hydrogen-bond acceptors (Lipinski definition) is 2. The Balaban J connectivity index is 1.81. The van der Waals surface area contributed by atoms with Gasteiger partial charge in [-0.2, -0.15) is 0 Å². The van der Waals surface area contributed by atoms with Crippen LogP contribution in [0.15, 0.2) is 42.5 Å². The van der Waals surface area contributed by atoms with E-state index in [2.05, 4.69) is 5.32 Å². The van der Waals surface area contributed by atoms with E-state index in [1.54, 1.807) is 18.2 Å². The molecule has 2 rings (SSSR count). The molecule has 0 spiro atoms. The first-order valence-electron chi connectivity index (χ1n) is 6.46. The summed E-state index contributed by atoms with van der Waals surface area (Å²) in [6.45, 7) is 1.10. The zero-order valence-electron chi connectivity index (χ0n) is 11.3. The lowest BCUT2D eigenvalue weighted by Crippen LogP contribution is -2.17. The zero-order valence-corrected chi connectivity index (χ0v) is 11.3. The van der Waals surface area contributed by atoms with Crippen molar-refractivity contribution in [3.05, 3.63) is 65.2 Å². The minimum Gasteiger partial charge on any atom is -0.497 e. The van der Waals surface area contributed by atoms with E-state index in [9.17, 15) is 8.78 Å². The summed E-state index contributed by atoms with van der Waals surface area (Å²) in [6, 6.07) is 11.3. The van der Waals surface area contributed by atoms with Gasteiger partial charge in [-0.3, -0.25) is 0 Å². The highest BCUT2D eigenvalue weighted by atomic mass is 19.1. The highest BCUT2D eigenvalue weighted by Gasteiger charge is 2.03. The van der Waals surface area contributed by atoms with Gasteiger partial charge in [0.1, 0.15) is 17.4 Å². The van der Waals surface area contributed by atoms with Crippen molar-refractivity contribution in [1.82, 2.24) is 5.32 Å². The van der Waals surface area contributed by atoms with E-state index in [-0.39, 0.29) is 11.6 Å². The molecule has 2 nitrogen and oxygen atoms in total. The topological polar surface area (TPSA) is 21.3 Å². The molecule has 0 saturated carbocycles. The van der Waals surface area contributed by atoms with Gasteiger partial charge in [-0.15, -0.1) is 0 Å². The van der Waals surface area contributed by atoms with Gasteiger partial charge in [0.15, 0.2) is 0 Å². The molecule has 20 heavy (non-hydrogen) atoms. The van der Waals surface area contributed by atoms with E-state index in [0.717, 1.165) is 5.56 Å². The quantitative estimate of drug-likeness (QED) is 0.818. The minimum atomic E-state index is -0.289. The summed E-state index contributed by atoms with van der Waals surface area (Å²) < 4.78 is 31.6. The molecule has 1 N–H and O–H groups in total. The van der Waals surface area contributed by atoms with Crippen LogP contribution in [0, 0.1) is 11.6 Å². The summed E-state index contributed by atoms with van der Waals surface area (Å²) in [5.74, 6) is -0.0164. The normalized spacial score (nSPS) is 10.6. The van der Waals surface area contributed by atoms with Gasteiger partial charge < -0.3 is 10.1 Å². The van der Waals surface area contributed by atoms with Crippen LogP contribution in [0.1, 0.15) is 11.1 Å². The molecule has 2 aromatic rings. The number of halogens is 2. The number of benzene rings is 2. The molecule has 0 aliphatic heterocycles. The number of hydrogen-bond donors (Lipinski definition) is 1. The largest absolute Gasteiger partial charge is 0.497 e. The van der Waals surface area contributed by atoms with Crippen LogP contribution in [-0.2, 0) is 13.0 Å². The van der Waals surface area contributed by atoms with Crippen LogP contribution < -0.4 is 10.1 Å². The Labute approximate surface area is 117 Å². The standard InChI is InChI=1S/C16H17F2NO/c1-20-15-6-5-13(16(18)10-15)11-19-8-7-12-3-2-4-14(17)9-12/h2-6,9-10,19H,7-8,11H2,1H3. The van der Waals surface area contributed by atoms with Gasteiger partial charge in [-0.25, -0.2) is 8.78 Å². The second-order valence-corrected chi connectivity index (χ2v) is 4.51. The fourth-order valence-electron chi connectivity index (χ4n) is 1.95. The maximum atomic E-state index is 13.7. The Morgan fingerprint density at radius 1 is 1.10 bits per heavy atom. The Bertz CT molecular complexity index is 572. The highest BCUT2D eigenvalue weighted by molar-refractivity contribution is 5.28. The fourth-order valence-corrected chi connectivity index (χ4v) is 1.95. The Morgan fingerprint density at radius 2 is 1.95 bits per heavy atom. The van der Waals surface area contributed by atoms with Crippen LogP contribution in [0.5, 0.6) is 5.75 Å². The molecule has 4 heteroatoms. The summed E-state index contributed by atoms with van der Waals surface area (Å²) in [5, 5.41) is 3.14. The van der Waals surface area contributed by atoms with Crippen molar-refractivity contribution in [2.75, 3.05) is 13.7 Å². The predicted octanol–water partition coefficient (Wildman–Crippen LogP) is 3.31. The lowest BCUT2D eigenvalue weighted by Gasteiger charge is -2.07. The second kappa shape index (κ2) is 7.01. The maximum absolute atomic E-state index is 13.7. The predicted molar refractivity (Wildman–Crippen MR) is 74.8 cm³/mol. The smallest absolute Gasteiger partial charge is 0.131 e. The summed E-state index contributed by atoms with van der Waals surface area (Å²) >= 11 is 0. The Hall–Kier alpha value is -1.94. The van der Waals surface area contributed by atoms with Gasteiger partial charge >= 0.3 is 0 Å². The summed E-state index contributed by atoms with van der Waals surface area (Å²) in [6.07, 6.45) is 0.704. The molecule has 0 aromatic heterocycles. The molecular formula is C16H17F2NO. The van der Waals surface area contributed by atoms with E-state index in [1.165, 1.54) is 25.3 Å². The van der Waals surface area contributed by atoms with Gasteiger partial charge in [-0.1, -0.05) is 18.2 Å². The second-order valence-electron chi connectivity index (χ2n) is 4.51. The SMILES string of the molecule is COc1ccc(CNCCc2cccc(F)c2)c(F)c1. The lowest BCUT2D eigenvalue weighted by atomic mass is 10.1. The number of ether oxygens (including phenoxy) is 1. The molecule has 0 saturated heterocycles. The van der Waals surface area contributed by atoms with Crippen molar-refractivity contribution in [1.29, 1.82) is 0 Å². The zero-order chi connectivity index (χ0) is 14.4. The minimum absolute atomic E-state index is 0.233. The summed E-state index contributed by atoms with van der Waals surface area (Å²) in [5.41, 5.74) is 1.51. The van der Waals surface area contributed by atoms with Crippen LogP contribution in [-0.4, -0.2) is 13.7 Å². The Morgan fingerprint density at radius 3 is 2.65 bits per heavy atom. The van der Waals surface area contributed by atoms with Crippen LogP contribution in [0.4, 0.5) is 8.78 Å². The van der Waals surface area contributed by atoms with E-state index in [1.807, 2.05) is 6.07 Å². The third-order valence-corrected chi connectivity index (χ3v) is 3.06. The van der Waals surface area contributed by atoms with Gasteiger partial charge in [0.25, 0.3) is 0 Å². The lowest BCUT2D eigenvalue weighted by molar-refractivity contribution is 0.410. The first kappa shape index (κ1) is 14.5. The Kier molecular flexibility index (Phi) is 5.07. The molecule has 0 heterocycles. The third-order valence-electron chi connectivity index (χ3n) is 3.06. The van der Waals surface area contributed by atoms with Crippen molar-refractivity contribution in [3.8, 4) is 5.75 Å². The molecule has 2 aromatic carbocycles. The van der Waals surface area contributed by atoms with Crippen molar-refractivity contribution in [2.45, 2.75) is 13.0 Å². The van der Waals surface area contributed by atoms with E-state index < -0.39 is 0 Å². The molecule has 0 aliphatic carbocycles. The molecule has 0 radical (unpaired) electrons. The van der Waals surface area contributed by atoms with Crippen LogP contribution >= 0.6 is 0 Å². The van der Waals surface area contributed by atoms with Crippen molar-refractivity contribution in [3.63, 3.8) is 0 Å². The van der Waals surface area contributed by atoms with E-state index in [0.29, 0.717) is 30.8 Å². The number of nitrogens with one attached hydrogen (secondary N) is 1. The summed E-state index contributed by atoms with van der Waals surface area (Å²) in [7, 11) is 1.51. The molecule has 0 aliphatic rings. The molecule has 0 bridgehead atoms. The van der Waals surface area contributed by atoms with Gasteiger partial charge in [0, 0.05) is 18.2 Å². The van der Waals surface area contributed by atoms with E-state index in [4.69, 9.17) is 4.74 Å². The van der Waals surface area contributed by atoms with Gasteiger partial charge in [0.05, 0.1) is 7.11 Å². The van der Waals surface area contributed by atoms with Crippen LogP contribution in [0.25, 0.3) is 0 Å². The third kappa shape index (κ3) is 4.03. The average Bonchev–Trinajstić information content (AvgIpc) is 2.45. The molecular weight excluding hydrogens is 260 g/mol. The maximum Gasteiger partial charge on any atom is 0.131 e. The molecule has 106 valence electrons. The first-order chi connectivity index (χ1) is 9.69. The number of methoxy groups -OCH3 is 1. The molecule has 0 fully saturated rings. The van der Waals surface area contributed by atoms with Gasteiger partial charge in [0.2, 0.25) is 0 Å². The van der Waals surface area contributed by atoms with Crippen molar-refractivity contribution < 1.29 is 13.5 Å². The molecule has 0 unspecified atom stereocenters. The highest BCUT2D eigenvalue weighted by Crippen LogP contribution is 2.15. The first-order valence-corrected chi connectivity index (χ1v) is 6.46. The van der Waals surface area contributed by atoms with Crippen molar-refractivity contribution in [2.24, 2.45) is 0 Å². The van der Waals surface area contributed by atoms with Crippen LogP contribution in [0.3, 0.4) is 0 Å². The van der Waals surface area contributed by atoms with Crippen molar-refractivity contribution >= 4 is 0 Å². The molecule has 0 atom stereocenters. The number of rotatable bonds is 6.